The van der Waals surface area contributed by atoms with Crippen LogP contribution in [0.15, 0.2) is 23.3 Å². The summed E-state index contributed by atoms with van der Waals surface area (Å²) < 4.78 is 37.7. The highest BCUT2D eigenvalue weighted by molar-refractivity contribution is 5.34. The van der Waals surface area contributed by atoms with Crippen molar-refractivity contribution in [3.63, 3.8) is 0 Å². The Labute approximate surface area is 111 Å². The van der Waals surface area contributed by atoms with Crippen molar-refractivity contribution in [2.24, 2.45) is 0 Å². The van der Waals surface area contributed by atoms with Gasteiger partial charge >= 0.3 is 6.18 Å². The number of rotatable bonds is 2. The summed E-state index contributed by atoms with van der Waals surface area (Å²) >= 11 is 0. The van der Waals surface area contributed by atoms with Gasteiger partial charge in [0.2, 0.25) is 0 Å². The molecule has 0 aromatic carbocycles. The van der Waals surface area contributed by atoms with E-state index >= 15 is 0 Å². The first-order valence-corrected chi connectivity index (χ1v) is 6.83. The molecule has 1 aliphatic carbocycles. The molecule has 2 nitrogen and oxygen atoms in total. The number of piperazine rings is 1. The van der Waals surface area contributed by atoms with E-state index in [1.807, 2.05) is 0 Å². The molecule has 0 spiro atoms. The summed E-state index contributed by atoms with van der Waals surface area (Å²) in [6.45, 7) is 2.67. The van der Waals surface area contributed by atoms with Crippen molar-refractivity contribution in [3.05, 3.63) is 23.3 Å². The molecule has 3 rings (SSSR count). The summed E-state index contributed by atoms with van der Waals surface area (Å²) in [6, 6.07) is 1.19. The quantitative estimate of drug-likeness (QED) is 0.762. The van der Waals surface area contributed by atoms with E-state index in [2.05, 4.69) is 16.8 Å². The number of fused-ring (bicyclic) bond motifs is 2. The first kappa shape index (κ1) is 13.2. The molecular formula is C14H19F3N2. The van der Waals surface area contributed by atoms with E-state index in [1.165, 1.54) is 18.9 Å². The van der Waals surface area contributed by atoms with Crippen molar-refractivity contribution < 1.29 is 13.2 Å². The van der Waals surface area contributed by atoms with Crippen molar-refractivity contribution in [3.8, 4) is 0 Å². The van der Waals surface area contributed by atoms with Gasteiger partial charge in [-0.15, -0.1) is 0 Å². The lowest BCUT2D eigenvalue weighted by Gasteiger charge is -2.39. The van der Waals surface area contributed by atoms with Gasteiger partial charge in [0.05, 0.1) is 0 Å². The molecule has 0 radical (unpaired) electrons. The first-order valence-electron chi connectivity index (χ1n) is 6.83. The minimum absolute atomic E-state index is 0.0746. The fourth-order valence-corrected chi connectivity index (χ4v) is 3.50. The number of hydrogen-bond donors (Lipinski definition) is 0. The Bertz CT molecular complexity index is 411. The van der Waals surface area contributed by atoms with Crippen LogP contribution >= 0.6 is 0 Å². The van der Waals surface area contributed by atoms with Gasteiger partial charge in [-0.3, -0.25) is 9.80 Å². The largest absolute Gasteiger partial charge is 0.413 e. The van der Waals surface area contributed by atoms with Gasteiger partial charge in [0.25, 0.3) is 0 Å². The van der Waals surface area contributed by atoms with Crippen molar-refractivity contribution in [1.82, 2.24) is 9.80 Å². The van der Waals surface area contributed by atoms with Crippen LogP contribution in [0.5, 0.6) is 0 Å². The zero-order chi connectivity index (χ0) is 13.6. The zero-order valence-electron chi connectivity index (χ0n) is 11.1. The summed E-state index contributed by atoms with van der Waals surface area (Å²) in [6.07, 6.45) is 1.25. The molecule has 0 saturated carbocycles. The van der Waals surface area contributed by atoms with E-state index in [-0.39, 0.29) is 6.42 Å². The molecule has 2 saturated heterocycles. The maximum atomic E-state index is 12.6. The smallest absolute Gasteiger partial charge is 0.298 e. The third-order valence-corrected chi connectivity index (χ3v) is 4.65. The first-order chi connectivity index (χ1) is 8.93. The van der Waals surface area contributed by atoms with Crippen LogP contribution in [0.2, 0.25) is 0 Å². The van der Waals surface area contributed by atoms with Crippen molar-refractivity contribution in [2.75, 3.05) is 26.7 Å². The molecule has 0 N–H and O–H groups in total. The van der Waals surface area contributed by atoms with E-state index < -0.39 is 11.7 Å². The molecule has 2 atom stereocenters. The summed E-state index contributed by atoms with van der Waals surface area (Å²) in [5.41, 5.74) is 0.496. The summed E-state index contributed by atoms with van der Waals surface area (Å²) in [5.74, 6) is 0. The normalized spacial score (nSPS) is 32.6. The topological polar surface area (TPSA) is 6.48 Å². The van der Waals surface area contributed by atoms with Gasteiger partial charge in [0.15, 0.2) is 0 Å². The van der Waals surface area contributed by atoms with Gasteiger partial charge in [-0.25, -0.2) is 0 Å². The SMILES string of the molecule is CN1C2CCC1CN(CC1=CC=C(C(F)(F)F)C1)C2. The number of alkyl halides is 3. The molecule has 0 aromatic rings. The molecule has 2 fully saturated rings. The third-order valence-electron chi connectivity index (χ3n) is 4.65. The van der Waals surface area contributed by atoms with Crippen molar-refractivity contribution in [2.45, 2.75) is 37.5 Å². The van der Waals surface area contributed by atoms with Gasteiger partial charge < -0.3 is 0 Å². The van der Waals surface area contributed by atoms with Crippen LogP contribution in [0.4, 0.5) is 13.2 Å². The molecule has 2 heterocycles. The lowest BCUT2D eigenvalue weighted by Crippen LogP contribution is -2.52. The predicted molar refractivity (Wildman–Crippen MR) is 67.9 cm³/mol. The second kappa shape index (κ2) is 4.63. The van der Waals surface area contributed by atoms with E-state index in [0.29, 0.717) is 18.6 Å². The second-order valence-electron chi connectivity index (χ2n) is 5.94. The minimum Gasteiger partial charge on any atom is -0.298 e. The number of nitrogens with zero attached hydrogens (tertiary/aromatic N) is 2. The monoisotopic (exact) mass is 272 g/mol. The Balaban J connectivity index is 1.55. The maximum Gasteiger partial charge on any atom is 0.413 e. The van der Waals surface area contributed by atoms with Gasteiger partial charge in [0.1, 0.15) is 0 Å². The van der Waals surface area contributed by atoms with Crippen molar-refractivity contribution in [1.29, 1.82) is 0 Å². The predicted octanol–water partition coefficient (Wildman–Crippen LogP) is 2.58. The highest BCUT2D eigenvalue weighted by Gasteiger charge is 2.39. The van der Waals surface area contributed by atoms with Crippen molar-refractivity contribution >= 4 is 0 Å². The molecule has 106 valence electrons. The van der Waals surface area contributed by atoms with Gasteiger partial charge in [0, 0.05) is 37.3 Å². The molecule has 0 amide bonds. The highest BCUT2D eigenvalue weighted by atomic mass is 19.4. The Kier molecular flexibility index (Phi) is 3.21. The lowest BCUT2D eigenvalue weighted by atomic mass is 10.1. The van der Waals surface area contributed by atoms with E-state index in [9.17, 15) is 13.2 Å². The Morgan fingerprint density at radius 2 is 1.79 bits per heavy atom. The van der Waals surface area contributed by atoms with Gasteiger partial charge in [-0.2, -0.15) is 13.2 Å². The molecular weight excluding hydrogens is 253 g/mol. The molecule has 2 unspecified atom stereocenters. The second-order valence-corrected chi connectivity index (χ2v) is 5.94. The molecule has 3 aliphatic rings. The highest BCUT2D eigenvalue weighted by Crippen LogP contribution is 2.35. The molecule has 2 aliphatic heterocycles. The Hall–Kier alpha value is -0.810. The number of likely N-dealkylation sites (tertiary alicyclic amines) is 1. The number of halogens is 3. The standard InChI is InChI=1S/C14H19F3N2/c1-18-12-4-5-13(18)9-19(8-12)7-10-2-3-11(6-10)14(15,16)17/h2-3,12-13H,4-9H2,1H3. The minimum atomic E-state index is -4.17. The summed E-state index contributed by atoms with van der Waals surface area (Å²) in [7, 11) is 2.16. The van der Waals surface area contributed by atoms with Crippen LogP contribution in [-0.2, 0) is 0 Å². The fraction of sp³-hybridized carbons (Fsp3) is 0.714. The molecule has 5 heteroatoms. The zero-order valence-corrected chi connectivity index (χ0v) is 11.1. The van der Waals surface area contributed by atoms with Crippen LogP contribution in [0, 0.1) is 0 Å². The number of hydrogen-bond acceptors (Lipinski definition) is 2. The van der Waals surface area contributed by atoms with Crippen LogP contribution in [0.1, 0.15) is 19.3 Å². The van der Waals surface area contributed by atoms with Gasteiger partial charge in [-0.1, -0.05) is 17.7 Å². The van der Waals surface area contributed by atoms with Crippen LogP contribution < -0.4 is 0 Å². The third kappa shape index (κ3) is 2.58. The summed E-state index contributed by atoms with van der Waals surface area (Å²) in [5, 5.41) is 0. The average Bonchev–Trinajstić information content (AvgIpc) is 2.83. The number of allylic oxidation sites excluding steroid dienone is 3. The van der Waals surface area contributed by atoms with Gasteiger partial charge in [-0.05, 0) is 26.3 Å². The lowest BCUT2D eigenvalue weighted by molar-refractivity contribution is -0.0928. The maximum absolute atomic E-state index is 12.6. The Morgan fingerprint density at radius 1 is 1.16 bits per heavy atom. The van der Waals surface area contributed by atoms with Crippen LogP contribution in [-0.4, -0.2) is 54.7 Å². The number of likely N-dealkylation sites (N-methyl/N-ethyl adjacent to an activating group) is 1. The van der Waals surface area contributed by atoms with E-state index in [4.69, 9.17) is 0 Å². The molecule has 2 bridgehead atoms. The summed E-state index contributed by atoms with van der Waals surface area (Å²) in [4.78, 5) is 4.75. The molecule has 19 heavy (non-hydrogen) atoms. The van der Waals surface area contributed by atoms with Crippen LogP contribution in [0.3, 0.4) is 0 Å². The fourth-order valence-electron chi connectivity index (χ4n) is 3.50. The Morgan fingerprint density at radius 3 is 2.32 bits per heavy atom. The van der Waals surface area contributed by atoms with Crippen LogP contribution in [0.25, 0.3) is 0 Å². The van der Waals surface area contributed by atoms with E-state index in [0.717, 1.165) is 18.7 Å². The average molecular weight is 272 g/mol. The van der Waals surface area contributed by atoms with E-state index in [1.54, 1.807) is 6.08 Å². The molecule has 0 aromatic heterocycles.